The van der Waals surface area contributed by atoms with E-state index >= 15 is 0 Å². The predicted octanol–water partition coefficient (Wildman–Crippen LogP) is 3.24. The maximum atomic E-state index is 12.5. The average molecular weight is 452 g/mol. The Kier molecular flexibility index (Phi) is 8.25. The molecule has 0 saturated carbocycles. The number of nitrogens with zero attached hydrogens (tertiary/aromatic N) is 3. The number of carbonyl (C=O) groups is 3. The average Bonchev–Trinajstić information content (AvgIpc) is 3.24. The highest BCUT2D eigenvalue weighted by molar-refractivity contribution is 7.18. The van der Waals surface area contributed by atoms with Crippen molar-refractivity contribution >= 4 is 39.9 Å². The fraction of sp³-hybridized carbons (Fsp3) is 0.474. The zero-order chi connectivity index (χ0) is 23.1. The van der Waals surface area contributed by atoms with Gasteiger partial charge in [-0.1, -0.05) is 6.92 Å². The van der Waals surface area contributed by atoms with Crippen LogP contribution in [0.4, 0.5) is 10.7 Å². The van der Waals surface area contributed by atoms with E-state index in [1.807, 2.05) is 6.92 Å². The normalized spacial score (nSPS) is 10.6. The van der Waals surface area contributed by atoms with Crippen molar-refractivity contribution in [2.75, 3.05) is 18.5 Å². The van der Waals surface area contributed by atoms with E-state index in [4.69, 9.17) is 9.47 Å². The minimum absolute atomic E-state index is 0.0482. The highest BCUT2D eigenvalue weighted by Gasteiger charge is 2.27. The zero-order valence-corrected chi connectivity index (χ0v) is 18.5. The van der Waals surface area contributed by atoms with Crippen molar-refractivity contribution in [3.63, 3.8) is 0 Å². The van der Waals surface area contributed by atoms with Crippen molar-refractivity contribution in [3.8, 4) is 0 Å². The van der Waals surface area contributed by atoms with E-state index in [0.29, 0.717) is 12.0 Å². The number of anilines is 1. The number of aryl methyl sites for hydroxylation is 2. The molecule has 11 nitrogen and oxygen atoms in total. The Labute approximate surface area is 182 Å². The molecule has 168 valence electrons. The summed E-state index contributed by atoms with van der Waals surface area (Å²) in [6.45, 7) is 7.09. The number of amides is 1. The molecule has 2 heterocycles. The first-order chi connectivity index (χ1) is 14.7. The quantitative estimate of drug-likeness (QED) is 0.329. The monoisotopic (exact) mass is 452 g/mol. The molecule has 1 N–H and O–H groups in total. The molecule has 0 atom stereocenters. The molecular formula is C19H24N4O7S. The number of carbonyl (C=O) groups excluding carboxylic acids is 3. The molecule has 0 bridgehead atoms. The van der Waals surface area contributed by atoms with Gasteiger partial charge in [0.25, 0.3) is 0 Å². The standard InChI is InChI=1S/C19H24N4O7S/c1-5-9-30-18(25)15-11(3)16(19(26)29-6-2)31-17(15)20-14(24)7-8-22-10-13(23(27)28)12(4)21-22/h10H,5-9H2,1-4H3,(H,20,24). The maximum Gasteiger partial charge on any atom is 0.348 e. The number of nitro groups is 1. The Balaban J connectivity index is 2.19. The summed E-state index contributed by atoms with van der Waals surface area (Å²) in [5, 5.41) is 17.8. The molecular weight excluding hydrogens is 428 g/mol. The molecule has 2 rings (SSSR count). The molecule has 0 radical (unpaired) electrons. The molecule has 0 aliphatic carbocycles. The summed E-state index contributed by atoms with van der Waals surface area (Å²) in [6.07, 6.45) is 1.83. The summed E-state index contributed by atoms with van der Waals surface area (Å²) in [7, 11) is 0. The largest absolute Gasteiger partial charge is 0.462 e. The lowest BCUT2D eigenvalue weighted by atomic mass is 10.1. The molecule has 0 aromatic carbocycles. The van der Waals surface area contributed by atoms with Crippen molar-refractivity contribution in [1.29, 1.82) is 0 Å². The first kappa shape index (κ1) is 24.0. The van der Waals surface area contributed by atoms with Crippen LogP contribution < -0.4 is 5.32 Å². The van der Waals surface area contributed by atoms with E-state index in [0.717, 1.165) is 11.3 Å². The van der Waals surface area contributed by atoms with Gasteiger partial charge in [-0.3, -0.25) is 19.6 Å². The van der Waals surface area contributed by atoms with E-state index < -0.39 is 22.8 Å². The minimum Gasteiger partial charge on any atom is -0.462 e. The Morgan fingerprint density at radius 2 is 1.94 bits per heavy atom. The SMILES string of the molecule is CCCOC(=O)c1c(NC(=O)CCn2cc([N+](=O)[O-])c(C)n2)sc(C(=O)OCC)c1C. The minimum atomic E-state index is -0.639. The van der Waals surface area contributed by atoms with Gasteiger partial charge in [0.15, 0.2) is 0 Å². The number of esters is 2. The predicted molar refractivity (Wildman–Crippen MR) is 112 cm³/mol. The number of rotatable bonds is 10. The van der Waals surface area contributed by atoms with Gasteiger partial charge in [0.05, 0.1) is 23.7 Å². The molecule has 2 aromatic heterocycles. The summed E-state index contributed by atoms with van der Waals surface area (Å²) >= 11 is 0.937. The first-order valence-electron chi connectivity index (χ1n) is 9.65. The molecule has 0 aliphatic rings. The molecule has 0 saturated heterocycles. The third-order valence-electron chi connectivity index (χ3n) is 4.19. The maximum absolute atomic E-state index is 12.5. The lowest BCUT2D eigenvalue weighted by Gasteiger charge is -2.08. The lowest BCUT2D eigenvalue weighted by molar-refractivity contribution is -0.385. The third kappa shape index (κ3) is 5.87. The third-order valence-corrected chi connectivity index (χ3v) is 5.37. The number of hydrogen-bond donors (Lipinski definition) is 1. The molecule has 0 fully saturated rings. The van der Waals surface area contributed by atoms with E-state index in [9.17, 15) is 24.5 Å². The van der Waals surface area contributed by atoms with Gasteiger partial charge in [-0.05, 0) is 32.8 Å². The van der Waals surface area contributed by atoms with Crippen LogP contribution in [0.1, 0.15) is 58.0 Å². The molecule has 0 unspecified atom stereocenters. The van der Waals surface area contributed by atoms with Crippen molar-refractivity contribution in [2.45, 2.75) is 47.1 Å². The summed E-state index contributed by atoms with van der Waals surface area (Å²) in [5.41, 5.74) is 0.604. The van der Waals surface area contributed by atoms with Gasteiger partial charge < -0.3 is 14.8 Å². The molecule has 31 heavy (non-hydrogen) atoms. The lowest BCUT2D eigenvalue weighted by Crippen LogP contribution is -2.17. The number of thiophene rings is 1. The van der Waals surface area contributed by atoms with Crippen LogP contribution in [0.2, 0.25) is 0 Å². The van der Waals surface area contributed by atoms with Gasteiger partial charge in [0, 0.05) is 13.0 Å². The smallest absolute Gasteiger partial charge is 0.348 e. The molecule has 1 amide bonds. The summed E-state index contributed by atoms with van der Waals surface area (Å²) in [6, 6.07) is 0. The van der Waals surface area contributed by atoms with Crippen LogP contribution in [-0.4, -0.2) is 45.8 Å². The summed E-state index contributed by atoms with van der Waals surface area (Å²) < 4.78 is 11.5. The van der Waals surface area contributed by atoms with Crippen LogP contribution in [0.15, 0.2) is 6.20 Å². The second kappa shape index (κ2) is 10.7. The topological polar surface area (TPSA) is 143 Å². The van der Waals surface area contributed by atoms with Crippen LogP contribution in [0.25, 0.3) is 0 Å². The molecule has 0 aliphatic heterocycles. The van der Waals surface area contributed by atoms with Crippen molar-refractivity contribution in [1.82, 2.24) is 9.78 Å². The Morgan fingerprint density at radius 1 is 1.23 bits per heavy atom. The second-order valence-corrected chi connectivity index (χ2v) is 7.56. The van der Waals surface area contributed by atoms with Gasteiger partial charge in [-0.15, -0.1) is 11.3 Å². The Bertz CT molecular complexity index is 996. The van der Waals surface area contributed by atoms with Crippen molar-refractivity contribution in [3.05, 3.63) is 38.0 Å². The first-order valence-corrected chi connectivity index (χ1v) is 10.5. The number of hydrogen-bond acceptors (Lipinski definition) is 9. The van der Waals surface area contributed by atoms with Crippen LogP contribution in [-0.2, 0) is 20.8 Å². The van der Waals surface area contributed by atoms with Gasteiger partial charge >= 0.3 is 17.6 Å². The van der Waals surface area contributed by atoms with Crippen LogP contribution >= 0.6 is 11.3 Å². The number of ether oxygens (including phenoxy) is 2. The van der Waals surface area contributed by atoms with Gasteiger partial charge in [0.2, 0.25) is 5.91 Å². The molecule has 0 spiro atoms. The summed E-state index contributed by atoms with van der Waals surface area (Å²) in [5.74, 6) is -1.67. The number of nitrogens with one attached hydrogen (secondary N) is 1. The van der Waals surface area contributed by atoms with E-state index in [1.54, 1.807) is 13.8 Å². The van der Waals surface area contributed by atoms with Gasteiger partial charge in [-0.25, -0.2) is 9.59 Å². The van der Waals surface area contributed by atoms with Crippen molar-refractivity contribution in [2.24, 2.45) is 0 Å². The fourth-order valence-electron chi connectivity index (χ4n) is 2.71. The zero-order valence-electron chi connectivity index (χ0n) is 17.7. The van der Waals surface area contributed by atoms with E-state index in [1.165, 1.54) is 17.8 Å². The molecule has 12 heteroatoms. The highest BCUT2D eigenvalue weighted by atomic mass is 32.1. The highest BCUT2D eigenvalue weighted by Crippen LogP contribution is 2.34. The van der Waals surface area contributed by atoms with Crippen molar-refractivity contribution < 1.29 is 28.8 Å². The Morgan fingerprint density at radius 3 is 2.52 bits per heavy atom. The van der Waals surface area contributed by atoms with Crippen LogP contribution in [0.5, 0.6) is 0 Å². The Hall–Kier alpha value is -3.28. The fourth-order valence-corrected chi connectivity index (χ4v) is 3.82. The molecule has 2 aromatic rings. The van der Waals surface area contributed by atoms with Crippen LogP contribution in [0.3, 0.4) is 0 Å². The van der Waals surface area contributed by atoms with Gasteiger partial charge in [-0.2, -0.15) is 5.10 Å². The van der Waals surface area contributed by atoms with Gasteiger partial charge in [0.1, 0.15) is 21.8 Å². The second-order valence-electron chi connectivity index (χ2n) is 6.53. The van der Waals surface area contributed by atoms with Crippen LogP contribution in [0, 0.1) is 24.0 Å². The summed E-state index contributed by atoms with van der Waals surface area (Å²) in [4.78, 5) is 47.8. The van der Waals surface area contributed by atoms with E-state index in [-0.39, 0.29) is 53.0 Å². The van der Waals surface area contributed by atoms with E-state index in [2.05, 4.69) is 10.4 Å². The number of aromatic nitrogens is 2.